The fraction of sp³-hybridized carbons (Fsp3) is 0.500. The Kier molecular flexibility index (Phi) is 3.86. The first kappa shape index (κ1) is 11.2. The zero-order chi connectivity index (χ0) is 11.3. The predicted octanol–water partition coefficient (Wildman–Crippen LogP) is 1.41. The van der Waals surface area contributed by atoms with Crippen LogP contribution in [0.15, 0.2) is 10.7 Å². The van der Waals surface area contributed by atoms with Crippen LogP contribution in [0.4, 0.5) is 0 Å². The van der Waals surface area contributed by atoms with Gasteiger partial charge in [0.05, 0.1) is 18.7 Å². The third kappa shape index (κ3) is 2.81. The molecule has 15 heavy (non-hydrogen) atoms. The predicted molar refractivity (Wildman–Crippen MR) is 53.0 cm³/mol. The van der Waals surface area contributed by atoms with Crippen molar-refractivity contribution in [3.05, 3.63) is 17.5 Å². The molecule has 0 aliphatic carbocycles. The van der Waals surface area contributed by atoms with Crippen LogP contribution in [0, 0.1) is 18.3 Å². The maximum Gasteiger partial charge on any atom is 0.256 e. The average molecular weight is 207 g/mol. The van der Waals surface area contributed by atoms with Gasteiger partial charge < -0.3 is 9.84 Å². The number of nitriles is 1. The number of nitrogens with one attached hydrogen (secondary N) is 1. The number of carbonyl (C=O) groups excluding carboxylic acids is 1. The number of aromatic nitrogens is 1. The average Bonchev–Trinajstić information content (AvgIpc) is 2.63. The van der Waals surface area contributed by atoms with Crippen LogP contribution in [0.1, 0.15) is 35.9 Å². The Morgan fingerprint density at radius 3 is 3.00 bits per heavy atom. The van der Waals surface area contributed by atoms with Gasteiger partial charge >= 0.3 is 0 Å². The van der Waals surface area contributed by atoms with E-state index in [0.717, 1.165) is 6.42 Å². The van der Waals surface area contributed by atoms with Crippen LogP contribution in [0.5, 0.6) is 0 Å². The Labute approximate surface area is 88.1 Å². The van der Waals surface area contributed by atoms with Crippen molar-refractivity contribution < 1.29 is 9.32 Å². The quantitative estimate of drug-likeness (QED) is 0.809. The third-order valence-electron chi connectivity index (χ3n) is 2.16. The second kappa shape index (κ2) is 5.15. The molecule has 1 N–H and O–H groups in total. The molecule has 1 unspecified atom stereocenters. The van der Waals surface area contributed by atoms with Gasteiger partial charge in [0.15, 0.2) is 0 Å². The summed E-state index contributed by atoms with van der Waals surface area (Å²) in [5.41, 5.74) is 0.423. The summed E-state index contributed by atoms with van der Waals surface area (Å²) in [4.78, 5) is 11.7. The van der Waals surface area contributed by atoms with Gasteiger partial charge in [-0.2, -0.15) is 5.26 Å². The first-order valence-electron chi connectivity index (χ1n) is 4.78. The zero-order valence-electron chi connectivity index (χ0n) is 8.78. The van der Waals surface area contributed by atoms with E-state index in [0.29, 0.717) is 17.7 Å². The molecule has 80 valence electrons. The van der Waals surface area contributed by atoms with E-state index in [1.54, 1.807) is 6.92 Å². The summed E-state index contributed by atoms with van der Waals surface area (Å²) in [6.07, 6.45) is 2.42. The molecule has 0 aliphatic rings. The standard InChI is InChI=1S/C10H13N3O2/c1-3-8(4-5-11)13-10(14)9-6-12-15-7(9)2/h6,8H,3-4H2,1-2H3,(H,13,14). The highest BCUT2D eigenvalue weighted by Gasteiger charge is 2.16. The lowest BCUT2D eigenvalue weighted by Gasteiger charge is -2.12. The molecule has 1 aromatic heterocycles. The molecule has 1 heterocycles. The molecule has 0 saturated carbocycles. The van der Waals surface area contributed by atoms with E-state index in [4.69, 9.17) is 9.78 Å². The van der Waals surface area contributed by atoms with Crippen molar-refractivity contribution in [2.45, 2.75) is 32.7 Å². The van der Waals surface area contributed by atoms with Gasteiger partial charge in [0.1, 0.15) is 11.3 Å². The van der Waals surface area contributed by atoms with Crippen LogP contribution in [0.2, 0.25) is 0 Å². The van der Waals surface area contributed by atoms with Crippen LogP contribution >= 0.6 is 0 Å². The maximum atomic E-state index is 11.7. The van der Waals surface area contributed by atoms with Crippen LogP contribution in [0.25, 0.3) is 0 Å². The molecule has 0 saturated heterocycles. The summed E-state index contributed by atoms with van der Waals surface area (Å²) in [7, 11) is 0. The molecule has 0 aromatic carbocycles. The lowest BCUT2D eigenvalue weighted by Crippen LogP contribution is -2.34. The summed E-state index contributed by atoms with van der Waals surface area (Å²) in [6.45, 7) is 3.59. The van der Waals surface area contributed by atoms with Crippen molar-refractivity contribution in [3.8, 4) is 6.07 Å². The van der Waals surface area contributed by atoms with Crippen molar-refractivity contribution in [1.82, 2.24) is 10.5 Å². The van der Waals surface area contributed by atoms with Crippen molar-refractivity contribution in [3.63, 3.8) is 0 Å². The highest BCUT2D eigenvalue weighted by Crippen LogP contribution is 2.07. The van der Waals surface area contributed by atoms with E-state index in [-0.39, 0.29) is 11.9 Å². The van der Waals surface area contributed by atoms with E-state index in [1.807, 2.05) is 13.0 Å². The second-order valence-corrected chi connectivity index (χ2v) is 3.24. The maximum absolute atomic E-state index is 11.7. The minimum absolute atomic E-state index is 0.114. The smallest absolute Gasteiger partial charge is 0.256 e. The largest absolute Gasteiger partial charge is 0.361 e. The van der Waals surface area contributed by atoms with Gasteiger partial charge in [0.2, 0.25) is 0 Å². The summed E-state index contributed by atoms with van der Waals surface area (Å²) in [5.74, 6) is 0.246. The Morgan fingerprint density at radius 2 is 2.53 bits per heavy atom. The summed E-state index contributed by atoms with van der Waals surface area (Å²) < 4.78 is 4.78. The zero-order valence-corrected chi connectivity index (χ0v) is 8.78. The van der Waals surface area contributed by atoms with E-state index in [9.17, 15) is 4.79 Å². The summed E-state index contributed by atoms with van der Waals surface area (Å²) >= 11 is 0. The fourth-order valence-corrected chi connectivity index (χ4v) is 1.19. The fourth-order valence-electron chi connectivity index (χ4n) is 1.19. The van der Waals surface area contributed by atoms with Gasteiger partial charge in [0, 0.05) is 6.04 Å². The van der Waals surface area contributed by atoms with Crippen molar-refractivity contribution in [1.29, 1.82) is 5.26 Å². The van der Waals surface area contributed by atoms with Crippen molar-refractivity contribution >= 4 is 5.91 Å². The number of amides is 1. The number of rotatable bonds is 4. The number of aryl methyl sites for hydroxylation is 1. The molecule has 1 rings (SSSR count). The molecule has 0 spiro atoms. The molecule has 0 fully saturated rings. The van der Waals surface area contributed by atoms with Gasteiger partial charge in [-0.3, -0.25) is 4.79 Å². The van der Waals surface area contributed by atoms with Crippen LogP contribution in [0.3, 0.4) is 0 Å². The summed E-state index contributed by atoms with van der Waals surface area (Å²) in [6, 6.07) is 1.92. The molecule has 0 aliphatic heterocycles. The van der Waals surface area contributed by atoms with Gasteiger partial charge in [-0.25, -0.2) is 0 Å². The lowest BCUT2D eigenvalue weighted by molar-refractivity contribution is 0.0935. The number of nitrogens with zero attached hydrogens (tertiary/aromatic N) is 2. The molecule has 1 atom stereocenters. The Balaban J connectivity index is 2.63. The van der Waals surface area contributed by atoms with Crippen molar-refractivity contribution in [2.24, 2.45) is 0 Å². The first-order valence-corrected chi connectivity index (χ1v) is 4.78. The summed E-state index contributed by atoms with van der Waals surface area (Å²) in [5, 5.41) is 14.8. The lowest BCUT2D eigenvalue weighted by atomic mass is 10.1. The second-order valence-electron chi connectivity index (χ2n) is 3.24. The number of hydrogen-bond donors (Lipinski definition) is 1. The highest BCUT2D eigenvalue weighted by atomic mass is 16.5. The number of hydrogen-bond acceptors (Lipinski definition) is 4. The highest BCUT2D eigenvalue weighted by molar-refractivity contribution is 5.94. The topological polar surface area (TPSA) is 78.9 Å². The number of carbonyl (C=O) groups is 1. The SMILES string of the molecule is CCC(CC#N)NC(=O)c1cnoc1C. The Morgan fingerprint density at radius 1 is 1.80 bits per heavy atom. The minimum atomic E-state index is -0.240. The Bertz CT molecular complexity index is 378. The molecule has 1 amide bonds. The van der Waals surface area contributed by atoms with E-state index in [1.165, 1.54) is 6.20 Å². The molecule has 1 aromatic rings. The molecule has 0 radical (unpaired) electrons. The monoisotopic (exact) mass is 207 g/mol. The van der Waals surface area contributed by atoms with Gasteiger partial charge in [-0.1, -0.05) is 12.1 Å². The van der Waals surface area contributed by atoms with Crippen LogP contribution in [-0.2, 0) is 0 Å². The van der Waals surface area contributed by atoms with Crippen LogP contribution in [-0.4, -0.2) is 17.1 Å². The minimum Gasteiger partial charge on any atom is -0.361 e. The normalized spacial score (nSPS) is 11.8. The molecule has 5 nitrogen and oxygen atoms in total. The third-order valence-corrected chi connectivity index (χ3v) is 2.16. The molecule has 5 heteroatoms. The molecular formula is C10H13N3O2. The molecule has 0 bridgehead atoms. The Hall–Kier alpha value is -1.83. The first-order chi connectivity index (χ1) is 7.19. The molecular weight excluding hydrogens is 194 g/mol. The van der Waals surface area contributed by atoms with Crippen LogP contribution < -0.4 is 5.32 Å². The van der Waals surface area contributed by atoms with Crippen molar-refractivity contribution in [2.75, 3.05) is 0 Å². The van der Waals surface area contributed by atoms with E-state index < -0.39 is 0 Å². The van der Waals surface area contributed by atoms with E-state index >= 15 is 0 Å². The van der Waals surface area contributed by atoms with E-state index in [2.05, 4.69) is 10.5 Å². The van der Waals surface area contributed by atoms with Gasteiger partial charge in [-0.15, -0.1) is 0 Å². The van der Waals surface area contributed by atoms with Gasteiger partial charge in [-0.05, 0) is 13.3 Å². The van der Waals surface area contributed by atoms with Gasteiger partial charge in [0.25, 0.3) is 5.91 Å².